The Bertz CT molecular complexity index is 610. The van der Waals surface area contributed by atoms with Crippen molar-refractivity contribution in [3.8, 4) is 0 Å². The highest BCUT2D eigenvalue weighted by atomic mass is 79.9. The van der Waals surface area contributed by atoms with Crippen LogP contribution in [0.1, 0.15) is 29.7 Å². The number of rotatable bonds is 6. The van der Waals surface area contributed by atoms with Gasteiger partial charge in [0, 0.05) is 10.2 Å². The maximum atomic E-state index is 12.0. The van der Waals surface area contributed by atoms with Crippen LogP contribution >= 0.6 is 27.7 Å². The molecule has 2 aromatic rings. The van der Waals surface area contributed by atoms with Gasteiger partial charge in [-0.2, -0.15) is 0 Å². The average molecular weight is 378 g/mol. The Morgan fingerprint density at radius 3 is 2.41 bits per heavy atom. The Morgan fingerprint density at radius 1 is 1.14 bits per heavy atom. The summed E-state index contributed by atoms with van der Waals surface area (Å²) in [4.78, 5) is 12.0. The molecule has 0 aliphatic carbocycles. The van der Waals surface area contributed by atoms with Crippen molar-refractivity contribution >= 4 is 33.6 Å². The van der Waals surface area contributed by atoms with E-state index < -0.39 is 0 Å². The number of hydrogen-bond donors (Lipinski definition) is 1. The molecule has 0 bridgehead atoms. The fraction of sp³-hybridized carbons (Fsp3) is 0.278. The van der Waals surface area contributed by atoms with Crippen LogP contribution in [0, 0.1) is 6.92 Å². The summed E-state index contributed by atoms with van der Waals surface area (Å²) in [5.74, 6) is 1.40. The Hall–Kier alpha value is -1.26. The first-order chi connectivity index (χ1) is 10.5. The van der Waals surface area contributed by atoms with Gasteiger partial charge in [0.25, 0.3) is 0 Å². The van der Waals surface area contributed by atoms with Crippen LogP contribution in [0.2, 0.25) is 0 Å². The number of nitrogens with one attached hydrogen (secondary N) is 1. The van der Waals surface area contributed by atoms with Gasteiger partial charge in [0.05, 0.1) is 11.8 Å². The van der Waals surface area contributed by atoms with E-state index in [1.807, 2.05) is 19.1 Å². The summed E-state index contributed by atoms with van der Waals surface area (Å²) >= 11 is 5.05. The second-order valence-corrected chi connectivity index (χ2v) is 7.22. The van der Waals surface area contributed by atoms with Crippen molar-refractivity contribution in [1.29, 1.82) is 0 Å². The van der Waals surface area contributed by atoms with Crippen LogP contribution in [0.15, 0.2) is 53.0 Å². The van der Waals surface area contributed by atoms with Gasteiger partial charge in [0.2, 0.25) is 5.91 Å². The number of aryl methyl sites for hydroxylation is 1. The smallest absolute Gasteiger partial charge is 0.230 e. The van der Waals surface area contributed by atoms with Crippen LogP contribution in [-0.4, -0.2) is 11.7 Å². The van der Waals surface area contributed by atoms with E-state index in [9.17, 15) is 4.79 Å². The SMILES string of the molecule is Cc1ccc([C@H](C)NC(=O)CSCc2ccc(Br)cc2)cc1. The Balaban J connectivity index is 1.75. The van der Waals surface area contributed by atoms with E-state index in [2.05, 4.69) is 64.6 Å². The quantitative estimate of drug-likeness (QED) is 0.777. The van der Waals surface area contributed by atoms with E-state index in [1.54, 1.807) is 11.8 Å². The lowest BCUT2D eigenvalue weighted by Gasteiger charge is -2.14. The van der Waals surface area contributed by atoms with E-state index in [1.165, 1.54) is 11.1 Å². The molecule has 1 N–H and O–H groups in total. The molecule has 0 saturated heterocycles. The van der Waals surface area contributed by atoms with Crippen LogP contribution < -0.4 is 5.32 Å². The number of amides is 1. The Kier molecular flexibility index (Phi) is 6.52. The minimum absolute atomic E-state index is 0.0429. The highest BCUT2D eigenvalue weighted by molar-refractivity contribution is 9.10. The van der Waals surface area contributed by atoms with Gasteiger partial charge < -0.3 is 5.32 Å². The van der Waals surface area contributed by atoms with E-state index in [0.717, 1.165) is 15.8 Å². The number of hydrogen-bond acceptors (Lipinski definition) is 2. The summed E-state index contributed by atoms with van der Waals surface area (Å²) in [6.45, 7) is 4.08. The van der Waals surface area contributed by atoms with E-state index in [0.29, 0.717) is 5.75 Å². The molecule has 0 saturated carbocycles. The van der Waals surface area contributed by atoms with Crippen molar-refractivity contribution in [2.75, 3.05) is 5.75 Å². The van der Waals surface area contributed by atoms with Crippen LogP contribution in [0.3, 0.4) is 0 Å². The number of halogens is 1. The molecular formula is C18H20BrNOS. The van der Waals surface area contributed by atoms with Crippen molar-refractivity contribution in [1.82, 2.24) is 5.32 Å². The standard InChI is InChI=1S/C18H20BrNOS/c1-13-3-7-16(8-4-13)14(2)20-18(21)12-22-11-15-5-9-17(19)10-6-15/h3-10,14H,11-12H2,1-2H3,(H,20,21)/t14-/m0/s1. The summed E-state index contributed by atoms with van der Waals surface area (Å²) < 4.78 is 1.07. The predicted octanol–water partition coefficient (Wildman–Crippen LogP) is 4.87. The van der Waals surface area contributed by atoms with E-state index >= 15 is 0 Å². The summed E-state index contributed by atoms with van der Waals surface area (Å²) in [6.07, 6.45) is 0. The van der Waals surface area contributed by atoms with Crippen molar-refractivity contribution in [3.05, 3.63) is 69.7 Å². The second kappa shape index (κ2) is 8.39. The van der Waals surface area contributed by atoms with Crippen molar-refractivity contribution < 1.29 is 4.79 Å². The molecule has 0 fully saturated rings. The number of thioether (sulfide) groups is 1. The topological polar surface area (TPSA) is 29.1 Å². The molecular weight excluding hydrogens is 358 g/mol. The van der Waals surface area contributed by atoms with Gasteiger partial charge >= 0.3 is 0 Å². The molecule has 2 rings (SSSR count). The summed E-state index contributed by atoms with van der Waals surface area (Å²) in [5, 5.41) is 3.04. The fourth-order valence-corrected chi connectivity index (χ4v) is 3.13. The van der Waals surface area contributed by atoms with Gasteiger partial charge in [0.15, 0.2) is 0 Å². The van der Waals surface area contributed by atoms with Gasteiger partial charge in [-0.1, -0.05) is 57.9 Å². The maximum absolute atomic E-state index is 12.0. The zero-order valence-electron chi connectivity index (χ0n) is 12.8. The van der Waals surface area contributed by atoms with E-state index in [4.69, 9.17) is 0 Å². The molecule has 2 nitrogen and oxygen atoms in total. The molecule has 1 atom stereocenters. The normalized spacial score (nSPS) is 12.0. The van der Waals surface area contributed by atoms with Crippen molar-refractivity contribution in [2.45, 2.75) is 25.6 Å². The van der Waals surface area contributed by atoms with Gasteiger partial charge in [-0.15, -0.1) is 11.8 Å². The van der Waals surface area contributed by atoms with Crippen LogP contribution in [0.5, 0.6) is 0 Å². The largest absolute Gasteiger partial charge is 0.349 e. The Morgan fingerprint density at radius 2 is 1.77 bits per heavy atom. The molecule has 0 aromatic heterocycles. The molecule has 116 valence electrons. The first kappa shape index (κ1) is 17.1. The molecule has 0 spiro atoms. The van der Waals surface area contributed by atoms with Gasteiger partial charge in [0.1, 0.15) is 0 Å². The number of carbonyl (C=O) groups excluding carboxylic acids is 1. The van der Waals surface area contributed by atoms with Crippen LogP contribution in [-0.2, 0) is 10.5 Å². The third-order valence-corrected chi connectivity index (χ3v) is 4.90. The lowest BCUT2D eigenvalue weighted by atomic mass is 10.1. The lowest BCUT2D eigenvalue weighted by Crippen LogP contribution is -2.28. The van der Waals surface area contributed by atoms with Gasteiger partial charge in [-0.05, 0) is 37.1 Å². The third kappa shape index (κ3) is 5.50. The molecule has 0 aliphatic heterocycles. The molecule has 0 unspecified atom stereocenters. The predicted molar refractivity (Wildman–Crippen MR) is 98.0 cm³/mol. The summed E-state index contributed by atoms with van der Waals surface area (Å²) in [6, 6.07) is 16.5. The minimum atomic E-state index is 0.0429. The molecule has 2 aromatic carbocycles. The fourth-order valence-electron chi connectivity index (χ4n) is 2.06. The lowest BCUT2D eigenvalue weighted by molar-refractivity contribution is -0.119. The first-order valence-electron chi connectivity index (χ1n) is 7.22. The molecule has 22 heavy (non-hydrogen) atoms. The van der Waals surface area contributed by atoms with Crippen molar-refractivity contribution in [2.24, 2.45) is 0 Å². The third-order valence-electron chi connectivity index (χ3n) is 3.37. The zero-order valence-corrected chi connectivity index (χ0v) is 15.2. The zero-order chi connectivity index (χ0) is 15.9. The van der Waals surface area contributed by atoms with Gasteiger partial charge in [-0.25, -0.2) is 0 Å². The molecule has 1 amide bonds. The molecule has 4 heteroatoms. The highest BCUT2D eigenvalue weighted by Gasteiger charge is 2.09. The highest BCUT2D eigenvalue weighted by Crippen LogP contribution is 2.17. The number of carbonyl (C=O) groups is 1. The molecule has 0 heterocycles. The first-order valence-corrected chi connectivity index (χ1v) is 9.17. The summed E-state index contributed by atoms with van der Waals surface area (Å²) in [7, 11) is 0. The van der Waals surface area contributed by atoms with E-state index in [-0.39, 0.29) is 11.9 Å². The van der Waals surface area contributed by atoms with Crippen LogP contribution in [0.4, 0.5) is 0 Å². The minimum Gasteiger partial charge on any atom is -0.349 e. The molecule has 0 aliphatic rings. The van der Waals surface area contributed by atoms with Gasteiger partial charge in [-0.3, -0.25) is 4.79 Å². The molecule has 0 radical (unpaired) electrons. The van der Waals surface area contributed by atoms with Crippen molar-refractivity contribution in [3.63, 3.8) is 0 Å². The monoisotopic (exact) mass is 377 g/mol. The second-order valence-electron chi connectivity index (χ2n) is 5.32. The number of benzene rings is 2. The maximum Gasteiger partial charge on any atom is 0.230 e. The summed E-state index contributed by atoms with van der Waals surface area (Å²) in [5.41, 5.74) is 3.59. The Labute approximate surface area is 144 Å². The average Bonchev–Trinajstić information content (AvgIpc) is 2.50. The van der Waals surface area contributed by atoms with Crippen LogP contribution in [0.25, 0.3) is 0 Å².